The molecule has 1 unspecified atom stereocenters. The molecule has 0 spiro atoms. The first-order valence-electron chi connectivity index (χ1n) is 4.87. The molecule has 1 aliphatic rings. The summed E-state index contributed by atoms with van der Waals surface area (Å²) in [4.78, 5) is 11.6. The Balaban J connectivity index is 2.58. The van der Waals surface area contributed by atoms with Gasteiger partial charge in [0.25, 0.3) is 0 Å². The molecule has 1 aliphatic heterocycles. The summed E-state index contributed by atoms with van der Waals surface area (Å²) in [6.07, 6.45) is 1.63. The summed E-state index contributed by atoms with van der Waals surface area (Å²) in [5, 5.41) is 3.09. The molecule has 0 bridgehead atoms. The highest BCUT2D eigenvalue weighted by atomic mass is 16.6. The van der Waals surface area contributed by atoms with Crippen molar-refractivity contribution < 1.29 is 19.0 Å². The lowest BCUT2D eigenvalue weighted by atomic mass is 10.0. The minimum atomic E-state index is -1.00. The van der Waals surface area contributed by atoms with Gasteiger partial charge in [-0.15, -0.1) is 6.58 Å². The van der Waals surface area contributed by atoms with Gasteiger partial charge in [-0.1, -0.05) is 6.08 Å². The summed E-state index contributed by atoms with van der Waals surface area (Å²) in [5.74, 6) is -0.404. The van der Waals surface area contributed by atoms with Crippen molar-refractivity contribution in [1.29, 1.82) is 0 Å². The number of rotatable bonds is 5. The minimum Gasteiger partial charge on any atom is -0.467 e. The van der Waals surface area contributed by atoms with Gasteiger partial charge in [0.15, 0.2) is 0 Å². The molecular formula is C10H17NO4. The largest absolute Gasteiger partial charge is 0.467 e. The summed E-state index contributed by atoms with van der Waals surface area (Å²) < 4.78 is 15.4. The Morgan fingerprint density at radius 2 is 2.53 bits per heavy atom. The van der Waals surface area contributed by atoms with Gasteiger partial charge in [0.1, 0.15) is 0 Å². The molecule has 1 fully saturated rings. The van der Waals surface area contributed by atoms with Crippen molar-refractivity contribution in [1.82, 2.24) is 5.32 Å². The van der Waals surface area contributed by atoms with E-state index in [1.807, 2.05) is 0 Å². The zero-order valence-electron chi connectivity index (χ0n) is 8.95. The monoisotopic (exact) mass is 215 g/mol. The topological polar surface area (TPSA) is 56.8 Å². The number of methoxy groups -OCH3 is 1. The quantitative estimate of drug-likeness (QED) is 0.388. The standard InChI is InChI=1S/C10H17NO4/c1-3-5-14-8-10(9(12)13-2)7-11-4-6-15-10/h3,11H,1,4-8H2,2H3. The number of hydrogen-bond acceptors (Lipinski definition) is 5. The molecule has 1 saturated heterocycles. The van der Waals surface area contributed by atoms with Crippen molar-refractivity contribution >= 4 is 5.97 Å². The van der Waals surface area contributed by atoms with E-state index in [2.05, 4.69) is 11.9 Å². The predicted molar refractivity (Wildman–Crippen MR) is 54.6 cm³/mol. The Morgan fingerprint density at radius 3 is 3.07 bits per heavy atom. The van der Waals surface area contributed by atoms with Crippen molar-refractivity contribution in [2.45, 2.75) is 5.60 Å². The molecule has 0 saturated carbocycles. The van der Waals surface area contributed by atoms with E-state index in [-0.39, 0.29) is 6.61 Å². The summed E-state index contributed by atoms with van der Waals surface area (Å²) in [7, 11) is 1.34. The second-order valence-electron chi connectivity index (χ2n) is 3.31. The van der Waals surface area contributed by atoms with Crippen LogP contribution >= 0.6 is 0 Å². The normalized spacial score (nSPS) is 25.9. The number of morpholine rings is 1. The summed E-state index contributed by atoms with van der Waals surface area (Å²) in [5.41, 5.74) is -1.00. The SMILES string of the molecule is C=CCOCC1(C(=O)OC)CNCCO1. The first-order valence-corrected chi connectivity index (χ1v) is 4.87. The zero-order chi connectivity index (χ0) is 11.1. The summed E-state index contributed by atoms with van der Waals surface area (Å²) in [6, 6.07) is 0. The number of nitrogens with one attached hydrogen (secondary N) is 1. The molecule has 5 heteroatoms. The van der Waals surface area contributed by atoms with Crippen LogP contribution in [-0.2, 0) is 19.0 Å². The maximum atomic E-state index is 11.6. The van der Waals surface area contributed by atoms with Gasteiger partial charge in [0, 0.05) is 13.1 Å². The molecule has 86 valence electrons. The second-order valence-corrected chi connectivity index (χ2v) is 3.31. The fourth-order valence-corrected chi connectivity index (χ4v) is 1.44. The molecule has 0 aromatic heterocycles. The van der Waals surface area contributed by atoms with Crippen LogP contribution in [0.1, 0.15) is 0 Å². The molecular weight excluding hydrogens is 198 g/mol. The van der Waals surface area contributed by atoms with E-state index < -0.39 is 11.6 Å². The van der Waals surface area contributed by atoms with Crippen LogP contribution in [0.25, 0.3) is 0 Å². The molecule has 0 radical (unpaired) electrons. The van der Waals surface area contributed by atoms with Crippen LogP contribution in [0.3, 0.4) is 0 Å². The van der Waals surface area contributed by atoms with Crippen LogP contribution in [0.2, 0.25) is 0 Å². The third-order valence-corrected chi connectivity index (χ3v) is 2.20. The van der Waals surface area contributed by atoms with Crippen LogP contribution in [0.4, 0.5) is 0 Å². The fraction of sp³-hybridized carbons (Fsp3) is 0.700. The Bertz CT molecular complexity index is 223. The highest BCUT2D eigenvalue weighted by Crippen LogP contribution is 2.16. The van der Waals surface area contributed by atoms with Crippen LogP contribution in [0.5, 0.6) is 0 Å². The molecule has 0 amide bonds. The summed E-state index contributed by atoms with van der Waals surface area (Å²) >= 11 is 0. The fourth-order valence-electron chi connectivity index (χ4n) is 1.44. The smallest absolute Gasteiger partial charge is 0.341 e. The van der Waals surface area contributed by atoms with Gasteiger partial charge in [-0.05, 0) is 0 Å². The van der Waals surface area contributed by atoms with Crippen molar-refractivity contribution in [2.24, 2.45) is 0 Å². The maximum Gasteiger partial charge on any atom is 0.341 e. The molecule has 0 aromatic carbocycles. The molecule has 1 rings (SSSR count). The van der Waals surface area contributed by atoms with Crippen molar-refractivity contribution in [3.8, 4) is 0 Å². The number of esters is 1. The predicted octanol–water partition coefficient (Wildman–Crippen LogP) is -0.279. The molecule has 1 atom stereocenters. The lowest BCUT2D eigenvalue weighted by Crippen LogP contribution is -2.58. The first-order chi connectivity index (χ1) is 7.25. The Hall–Kier alpha value is -0.910. The molecule has 1 N–H and O–H groups in total. The van der Waals surface area contributed by atoms with Crippen LogP contribution in [-0.4, -0.2) is 51.6 Å². The Kier molecular flexibility index (Phi) is 4.74. The maximum absolute atomic E-state index is 11.6. The third-order valence-electron chi connectivity index (χ3n) is 2.20. The molecule has 5 nitrogen and oxygen atoms in total. The van der Waals surface area contributed by atoms with Crippen molar-refractivity contribution in [3.63, 3.8) is 0 Å². The zero-order valence-corrected chi connectivity index (χ0v) is 8.95. The first kappa shape index (κ1) is 12.2. The van der Waals surface area contributed by atoms with Gasteiger partial charge in [-0.2, -0.15) is 0 Å². The Morgan fingerprint density at radius 1 is 1.73 bits per heavy atom. The van der Waals surface area contributed by atoms with E-state index in [0.717, 1.165) is 6.54 Å². The number of hydrogen-bond donors (Lipinski definition) is 1. The van der Waals surface area contributed by atoms with Crippen molar-refractivity contribution in [2.75, 3.05) is 40.0 Å². The summed E-state index contributed by atoms with van der Waals surface area (Å²) in [6.45, 7) is 5.73. The van der Waals surface area contributed by atoms with E-state index in [0.29, 0.717) is 19.8 Å². The van der Waals surface area contributed by atoms with Gasteiger partial charge in [-0.3, -0.25) is 0 Å². The minimum absolute atomic E-state index is 0.179. The average molecular weight is 215 g/mol. The molecule has 15 heavy (non-hydrogen) atoms. The average Bonchev–Trinajstić information content (AvgIpc) is 2.29. The van der Waals surface area contributed by atoms with Gasteiger partial charge in [0.2, 0.25) is 5.60 Å². The highest BCUT2D eigenvalue weighted by Gasteiger charge is 2.42. The van der Waals surface area contributed by atoms with Gasteiger partial charge in [0.05, 0.1) is 26.9 Å². The van der Waals surface area contributed by atoms with E-state index in [1.165, 1.54) is 7.11 Å². The van der Waals surface area contributed by atoms with Crippen molar-refractivity contribution in [3.05, 3.63) is 12.7 Å². The van der Waals surface area contributed by atoms with Crippen LogP contribution < -0.4 is 5.32 Å². The van der Waals surface area contributed by atoms with E-state index in [9.17, 15) is 4.79 Å². The van der Waals surface area contributed by atoms with E-state index in [1.54, 1.807) is 6.08 Å². The van der Waals surface area contributed by atoms with Crippen LogP contribution in [0, 0.1) is 0 Å². The van der Waals surface area contributed by atoms with Crippen LogP contribution in [0.15, 0.2) is 12.7 Å². The number of carbonyl (C=O) groups excluding carboxylic acids is 1. The second kappa shape index (κ2) is 5.85. The lowest BCUT2D eigenvalue weighted by molar-refractivity contribution is -0.181. The molecule has 1 heterocycles. The highest BCUT2D eigenvalue weighted by molar-refractivity contribution is 5.80. The van der Waals surface area contributed by atoms with Gasteiger partial charge < -0.3 is 19.5 Å². The third kappa shape index (κ3) is 3.02. The van der Waals surface area contributed by atoms with Gasteiger partial charge >= 0.3 is 5.97 Å². The molecule has 0 aliphatic carbocycles. The number of ether oxygens (including phenoxy) is 3. The number of carbonyl (C=O) groups is 1. The van der Waals surface area contributed by atoms with E-state index >= 15 is 0 Å². The lowest BCUT2D eigenvalue weighted by Gasteiger charge is -2.34. The Labute approximate surface area is 89.4 Å². The van der Waals surface area contributed by atoms with Gasteiger partial charge in [-0.25, -0.2) is 4.79 Å². The van der Waals surface area contributed by atoms with E-state index in [4.69, 9.17) is 14.2 Å². The molecule has 0 aromatic rings.